The summed E-state index contributed by atoms with van der Waals surface area (Å²) >= 11 is 5.96. The Morgan fingerprint density at radius 2 is 1.71 bits per heavy atom. The Balaban J connectivity index is 1.42. The van der Waals surface area contributed by atoms with Crippen molar-refractivity contribution < 1.29 is 9.59 Å². The number of hydrogen-bond donors (Lipinski definition) is 3. The lowest BCUT2D eigenvalue weighted by atomic mass is 9.88. The van der Waals surface area contributed by atoms with Crippen molar-refractivity contribution in [3.05, 3.63) is 95.0 Å². The maximum atomic E-state index is 13.1. The van der Waals surface area contributed by atoms with E-state index < -0.39 is 0 Å². The van der Waals surface area contributed by atoms with E-state index in [2.05, 4.69) is 22.5 Å². The zero-order valence-electron chi connectivity index (χ0n) is 19.6. The van der Waals surface area contributed by atoms with Gasteiger partial charge < -0.3 is 21.3 Å². The van der Waals surface area contributed by atoms with Crippen molar-refractivity contribution in [1.29, 1.82) is 0 Å². The Hall–Kier alpha value is -3.61. The number of rotatable bonds is 7. The van der Waals surface area contributed by atoms with Crippen LogP contribution in [0.15, 0.2) is 78.9 Å². The van der Waals surface area contributed by atoms with Crippen LogP contribution in [0.3, 0.4) is 0 Å². The molecule has 0 aromatic heterocycles. The number of nitrogen functional groups attached to an aromatic ring is 1. The highest BCUT2D eigenvalue weighted by atomic mass is 35.5. The molecule has 1 aliphatic heterocycles. The van der Waals surface area contributed by atoms with Gasteiger partial charge in [0.15, 0.2) is 0 Å². The van der Waals surface area contributed by atoms with Gasteiger partial charge in [0.25, 0.3) is 0 Å². The summed E-state index contributed by atoms with van der Waals surface area (Å²) in [4.78, 5) is 27.7. The van der Waals surface area contributed by atoms with Crippen LogP contribution in [-0.4, -0.2) is 36.3 Å². The summed E-state index contributed by atoms with van der Waals surface area (Å²) in [5.41, 5.74) is 9.73. The summed E-state index contributed by atoms with van der Waals surface area (Å²) in [5.74, 6) is -0.312. The van der Waals surface area contributed by atoms with Crippen molar-refractivity contribution in [2.75, 3.05) is 36.0 Å². The van der Waals surface area contributed by atoms with Crippen LogP contribution in [0.25, 0.3) is 6.08 Å². The van der Waals surface area contributed by atoms with Gasteiger partial charge in [0.1, 0.15) is 0 Å². The standard InChI is InChI=1S/C28H29ClN4O2/c1-2-33-17-23(24(18-33)28(35)31-22-14-12-21(29)13-15-22)20-10-7-19(8-11-20)9-16-27(34)32-26-6-4-3-5-25(26)30/h3-16,23-24H,2,17-18,30H2,1H3,(H,31,35)(H,32,34). The first kappa shape index (κ1) is 24.5. The Kier molecular flexibility index (Phi) is 7.85. The van der Waals surface area contributed by atoms with Crippen LogP contribution in [0.4, 0.5) is 17.1 Å². The van der Waals surface area contributed by atoms with Crippen molar-refractivity contribution in [3.8, 4) is 0 Å². The van der Waals surface area contributed by atoms with Crippen LogP contribution in [0, 0.1) is 5.92 Å². The highest BCUT2D eigenvalue weighted by Gasteiger charge is 2.37. The first-order chi connectivity index (χ1) is 16.9. The van der Waals surface area contributed by atoms with Crippen LogP contribution in [0.1, 0.15) is 24.0 Å². The van der Waals surface area contributed by atoms with E-state index in [4.69, 9.17) is 17.3 Å². The molecule has 180 valence electrons. The van der Waals surface area contributed by atoms with Gasteiger partial charge in [-0.2, -0.15) is 0 Å². The Labute approximate surface area is 210 Å². The maximum absolute atomic E-state index is 13.1. The second-order valence-electron chi connectivity index (χ2n) is 8.64. The minimum absolute atomic E-state index is 0.00843. The number of amides is 2. The van der Waals surface area contributed by atoms with E-state index in [-0.39, 0.29) is 23.7 Å². The number of nitrogens with zero attached hydrogens (tertiary/aromatic N) is 1. The van der Waals surface area contributed by atoms with Gasteiger partial charge in [-0.1, -0.05) is 54.9 Å². The predicted octanol–water partition coefficient (Wildman–Crippen LogP) is 5.25. The molecule has 3 aromatic rings. The van der Waals surface area contributed by atoms with Crippen molar-refractivity contribution in [2.24, 2.45) is 5.92 Å². The molecule has 2 atom stereocenters. The molecule has 3 aromatic carbocycles. The molecule has 7 heteroatoms. The molecule has 2 unspecified atom stereocenters. The van der Waals surface area contributed by atoms with Gasteiger partial charge in [0.05, 0.1) is 17.3 Å². The lowest BCUT2D eigenvalue weighted by Gasteiger charge is -2.19. The first-order valence-corrected chi connectivity index (χ1v) is 12.0. The third-order valence-corrected chi connectivity index (χ3v) is 6.55. The van der Waals surface area contributed by atoms with Crippen LogP contribution < -0.4 is 16.4 Å². The topological polar surface area (TPSA) is 87.5 Å². The number of nitrogens with two attached hydrogens (primary N) is 1. The molecular weight excluding hydrogens is 460 g/mol. The van der Waals surface area contributed by atoms with Gasteiger partial charge in [0, 0.05) is 35.8 Å². The normalized spacial score (nSPS) is 18.0. The molecule has 0 spiro atoms. The van der Waals surface area contributed by atoms with Gasteiger partial charge in [-0.3, -0.25) is 9.59 Å². The monoisotopic (exact) mass is 488 g/mol. The smallest absolute Gasteiger partial charge is 0.248 e. The van der Waals surface area contributed by atoms with Crippen LogP contribution in [0.2, 0.25) is 5.02 Å². The molecule has 1 saturated heterocycles. The Morgan fingerprint density at radius 3 is 2.40 bits per heavy atom. The van der Waals surface area contributed by atoms with Crippen molar-refractivity contribution in [2.45, 2.75) is 12.8 Å². The molecular formula is C28H29ClN4O2. The van der Waals surface area contributed by atoms with E-state index in [0.717, 1.165) is 29.9 Å². The quantitative estimate of drug-likeness (QED) is 0.313. The SMILES string of the molecule is CCN1CC(C(=O)Nc2ccc(Cl)cc2)C(c2ccc(C=CC(=O)Nc3ccccc3N)cc2)C1. The molecule has 2 amide bonds. The molecule has 1 fully saturated rings. The fourth-order valence-corrected chi connectivity index (χ4v) is 4.45. The van der Waals surface area contributed by atoms with E-state index in [1.807, 2.05) is 48.5 Å². The molecule has 6 nitrogen and oxygen atoms in total. The summed E-state index contributed by atoms with van der Waals surface area (Å²) in [5, 5.41) is 6.45. The van der Waals surface area contributed by atoms with Gasteiger partial charge in [-0.25, -0.2) is 0 Å². The van der Waals surface area contributed by atoms with Crippen LogP contribution >= 0.6 is 11.6 Å². The number of carbonyl (C=O) groups excluding carboxylic acids is 2. The third-order valence-electron chi connectivity index (χ3n) is 6.30. The highest BCUT2D eigenvalue weighted by molar-refractivity contribution is 6.30. The van der Waals surface area contributed by atoms with E-state index in [0.29, 0.717) is 22.9 Å². The van der Waals surface area contributed by atoms with E-state index >= 15 is 0 Å². The number of anilines is 3. The maximum Gasteiger partial charge on any atom is 0.248 e. The number of para-hydroxylation sites is 2. The molecule has 35 heavy (non-hydrogen) atoms. The van der Waals surface area contributed by atoms with E-state index in [1.165, 1.54) is 6.08 Å². The Morgan fingerprint density at radius 1 is 1.00 bits per heavy atom. The minimum Gasteiger partial charge on any atom is -0.397 e. The molecule has 0 aliphatic carbocycles. The highest BCUT2D eigenvalue weighted by Crippen LogP contribution is 2.34. The lowest BCUT2D eigenvalue weighted by molar-refractivity contribution is -0.120. The number of hydrogen-bond acceptors (Lipinski definition) is 4. The molecule has 4 N–H and O–H groups in total. The van der Waals surface area contributed by atoms with Crippen molar-refractivity contribution in [1.82, 2.24) is 4.90 Å². The number of likely N-dealkylation sites (N-methyl/N-ethyl adjacent to an activating group) is 1. The van der Waals surface area contributed by atoms with Crippen LogP contribution in [0.5, 0.6) is 0 Å². The molecule has 1 aliphatic rings. The third kappa shape index (κ3) is 6.29. The second kappa shape index (κ2) is 11.2. The molecule has 4 rings (SSSR count). The predicted molar refractivity (Wildman–Crippen MR) is 143 cm³/mol. The average Bonchev–Trinajstić information content (AvgIpc) is 3.31. The number of halogens is 1. The lowest BCUT2D eigenvalue weighted by Crippen LogP contribution is -2.28. The van der Waals surface area contributed by atoms with Gasteiger partial charge in [0.2, 0.25) is 11.8 Å². The van der Waals surface area contributed by atoms with Crippen LogP contribution in [-0.2, 0) is 9.59 Å². The van der Waals surface area contributed by atoms with E-state index in [9.17, 15) is 9.59 Å². The fraction of sp³-hybridized carbons (Fsp3) is 0.214. The average molecular weight is 489 g/mol. The van der Waals surface area contributed by atoms with E-state index in [1.54, 1.807) is 30.3 Å². The summed E-state index contributed by atoms with van der Waals surface area (Å²) < 4.78 is 0. The molecule has 1 heterocycles. The molecule has 0 bridgehead atoms. The van der Waals surface area contributed by atoms with Gasteiger partial charge in [-0.05, 0) is 60.1 Å². The number of benzene rings is 3. The first-order valence-electron chi connectivity index (χ1n) is 11.6. The number of likely N-dealkylation sites (tertiary alicyclic amines) is 1. The number of nitrogens with one attached hydrogen (secondary N) is 2. The van der Waals surface area contributed by atoms with Crippen molar-refractivity contribution in [3.63, 3.8) is 0 Å². The summed E-state index contributed by atoms with van der Waals surface area (Å²) in [6, 6.07) is 22.3. The second-order valence-corrected chi connectivity index (χ2v) is 9.07. The summed E-state index contributed by atoms with van der Waals surface area (Å²) in [7, 11) is 0. The van der Waals surface area contributed by atoms with Gasteiger partial charge >= 0.3 is 0 Å². The summed E-state index contributed by atoms with van der Waals surface area (Å²) in [6.45, 7) is 4.54. The summed E-state index contributed by atoms with van der Waals surface area (Å²) in [6.07, 6.45) is 3.24. The fourth-order valence-electron chi connectivity index (χ4n) is 4.33. The van der Waals surface area contributed by atoms with Crippen molar-refractivity contribution >= 4 is 46.6 Å². The number of carbonyl (C=O) groups is 2. The minimum atomic E-state index is -0.250. The Bertz CT molecular complexity index is 1210. The van der Waals surface area contributed by atoms with Gasteiger partial charge in [-0.15, -0.1) is 0 Å². The molecule has 0 radical (unpaired) electrons. The zero-order chi connectivity index (χ0) is 24.8. The largest absolute Gasteiger partial charge is 0.397 e. The molecule has 0 saturated carbocycles. The zero-order valence-corrected chi connectivity index (χ0v) is 20.3.